The van der Waals surface area contributed by atoms with E-state index in [1.54, 1.807) is 0 Å². The molecule has 4 rings (SSSR count). The highest BCUT2D eigenvalue weighted by atomic mass is 35.5. The Labute approximate surface area is 209 Å². The summed E-state index contributed by atoms with van der Waals surface area (Å²) in [4.78, 5) is 35.0. The zero-order valence-electron chi connectivity index (χ0n) is 20.6. The van der Waals surface area contributed by atoms with Crippen LogP contribution in [0.25, 0.3) is 11.4 Å². The van der Waals surface area contributed by atoms with Crippen molar-refractivity contribution < 1.29 is 18.4 Å². The molecule has 7 nitrogen and oxygen atoms in total. The number of nitrogens with zero attached hydrogens (tertiary/aromatic N) is 4. The minimum atomic E-state index is -1.05. The molecule has 0 radical (unpaired) electrons. The fourth-order valence-corrected chi connectivity index (χ4v) is 4.90. The lowest BCUT2D eigenvalue weighted by atomic mass is 9.85. The summed E-state index contributed by atoms with van der Waals surface area (Å²) >= 11 is 6.14. The molecule has 10 heteroatoms. The Morgan fingerprint density at radius 2 is 1.97 bits per heavy atom. The molecule has 2 aliphatic heterocycles. The second kappa shape index (κ2) is 9.85. The summed E-state index contributed by atoms with van der Waals surface area (Å²) in [6.07, 6.45) is 0.0507. The van der Waals surface area contributed by atoms with E-state index in [1.165, 1.54) is 23.1 Å². The van der Waals surface area contributed by atoms with Gasteiger partial charge in [0.1, 0.15) is 23.9 Å². The van der Waals surface area contributed by atoms with Crippen molar-refractivity contribution in [1.29, 1.82) is 0 Å². The molecule has 3 heterocycles. The Hall–Kier alpha value is -2.52. The van der Waals surface area contributed by atoms with Crippen molar-refractivity contribution in [3.8, 4) is 11.4 Å². The normalized spacial score (nSPS) is 19.9. The zero-order chi connectivity index (χ0) is 25.5. The van der Waals surface area contributed by atoms with Crippen LogP contribution in [0.2, 0.25) is 5.02 Å². The van der Waals surface area contributed by atoms with Crippen molar-refractivity contribution in [2.45, 2.75) is 58.9 Å². The maximum absolute atomic E-state index is 14.8. The predicted octanol–water partition coefficient (Wildman–Crippen LogP) is 3.89. The van der Waals surface area contributed by atoms with Gasteiger partial charge in [-0.15, -0.1) is 0 Å². The third-order valence-corrected chi connectivity index (χ3v) is 6.86. The Kier molecular flexibility index (Phi) is 7.20. The van der Waals surface area contributed by atoms with E-state index in [1.807, 2.05) is 32.4 Å². The second-order valence-corrected chi connectivity index (χ2v) is 11.0. The van der Waals surface area contributed by atoms with Crippen LogP contribution >= 0.6 is 11.6 Å². The van der Waals surface area contributed by atoms with Crippen LogP contribution in [0, 0.1) is 11.2 Å². The van der Waals surface area contributed by atoms with Crippen LogP contribution in [-0.2, 0) is 17.9 Å². The molecular formula is C25H32ClF2N5O2. The number of likely N-dealkylation sites (tertiary alicyclic amines) is 1. The summed E-state index contributed by atoms with van der Waals surface area (Å²) in [6.45, 7) is 7.74. The number of carbonyl (C=O) groups is 2. The maximum Gasteiger partial charge on any atom is 0.272 e. The third kappa shape index (κ3) is 5.35. The third-order valence-electron chi connectivity index (χ3n) is 6.63. The van der Waals surface area contributed by atoms with Gasteiger partial charge < -0.3 is 19.7 Å². The van der Waals surface area contributed by atoms with Gasteiger partial charge in [-0.1, -0.05) is 32.4 Å². The van der Waals surface area contributed by atoms with Gasteiger partial charge in [0.2, 0.25) is 5.91 Å². The molecule has 190 valence electrons. The van der Waals surface area contributed by atoms with E-state index in [9.17, 15) is 18.4 Å². The fourth-order valence-electron chi connectivity index (χ4n) is 4.73. The van der Waals surface area contributed by atoms with Gasteiger partial charge in [-0.3, -0.25) is 9.59 Å². The van der Waals surface area contributed by atoms with E-state index < -0.39 is 29.4 Å². The smallest absolute Gasteiger partial charge is 0.272 e. The Morgan fingerprint density at radius 3 is 2.63 bits per heavy atom. The van der Waals surface area contributed by atoms with Gasteiger partial charge in [-0.25, -0.2) is 13.8 Å². The number of rotatable bonds is 4. The minimum absolute atomic E-state index is 0.0319. The largest absolute Gasteiger partial charge is 0.338 e. The second-order valence-electron chi connectivity index (χ2n) is 10.5. The molecule has 1 fully saturated rings. The van der Waals surface area contributed by atoms with Crippen molar-refractivity contribution in [2.24, 2.45) is 5.41 Å². The van der Waals surface area contributed by atoms with Crippen molar-refractivity contribution >= 4 is 23.4 Å². The van der Waals surface area contributed by atoms with Crippen LogP contribution < -0.4 is 5.32 Å². The molecule has 1 aromatic heterocycles. The van der Waals surface area contributed by atoms with Crippen LogP contribution in [0.5, 0.6) is 0 Å². The average molecular weight is 508 g/mol. The van der Waals surface area contributed by atoms with Crippen LogP contribution in [0.1, 0.15) is 49.8 Å². The molecule has 1 saturated heterocycles. The number of benzene rings is 1. The molecule has 1 aromatic carbocycles. The number of imidazole rings is 1. The summed E-state index contributed by atoms with van der Waals surface area (Å²) < 4.78 is 30.4. The molecule has 0 bridgehead atoms. The summed E-state index contributed by atoms with van der Waals surface area (Å²) in [7, 11) is 1.95. The van der Waals surface area contributed by atoms with Gasteiger partial charge in [0.05, 0.1) is 17.8 Å². The highest BCUT2D eigenvalue weighted by Crippen LogP contribution is 2.31. The van der Waals surface area contributed by atoms with Gasteiger partial charge in [0, 0.05) is 24.7 Å². The highest BCUT2D eigenvalue weighted by Gasteiger charge is 2.39. The molecule has 2 aromatic rings. The monoisotopic (exact) mass is 507 g/mol. The number of hydrogen-bond donors (Lipinski definition) is 1. The number of amides is 2. The fraction of sp³-hybridized carbons (Fsp3) is 0.560. The first-order chi connectivity index (χ1) is 16.5. The van der Waals surface area contributed by atoms with E-state index in [-0.39, 0.29) is 23.7 Å². The van der Waals surface area contributed by atoms with E-state index in [0.717, 1.165) is 13.0 Å². The van der Waals surface area contributed by atoms with E-state index >= 15 is 0 Å². The molecule has 0 aliphatic carbocycles. The van der Waals surface area contributed by atoms with Crippen LogP contribution in [-0.4, -0.2) is 70.1 Å². The first-order valence-corrected chi connectivity index (χ1v) is 12.3. The Balaban J connectivity index is 1.72. The number of carbonyl (C=O) groups excluding carboxylic acids is 2. The molecule has 2 aliphatic rings. The van der Waals surface area contributed by atoms with Crippen molar-refractivity contribution in [2.75, 3.05) is 26.7 Å². The quantitative estimate of drug-likeness (QED) is 0.681. The minimum Gasteiger partial charge on any atom is -0.338 e. The Bertz CT molecular complexity index is 1130. The lowest BCUT2D eigenvalue weighted by molar-refractivity contribution is -0.135. The molecule has 35 heavy (non-hydrogen) atoms. The first kappa shape index (κ1) is 25.6. The topological polar surface area (TPSA) is 70.5 Å². The number of aromatic nitrogens is 2. The van der Waals surface area contributed by atoms with Crippen molar-refractivity contribution in [3.05, 3.63) is 40.4 Å². The number of fused-ring (bicyclic) bond motifs is 1. The summed E-state index contributed by atoms with van der Waals surface area (Å²) in [5.74, 6) is -0.972. The number of hydrogen-bond acceptors (Lipinski definition) is 4. The first-order valence-electron chi connectivity index (χ1n) is 11.9. The molecule has 2 atom stereocenters. The summed E-state index contributed by atoms with van der Waals surface area (Å²) in [5.41, 5.74) is 0.412. The molecule has 0 saturated carbocycles. The molecule has 2 amide bonds. The molecule has 2 unspecified atom stereocenters. The van der Waals surface area contributed by atoms with Gasteiger partial charge in [0.15, 0.2) is 5.69 Å². The standard InChI is InChI=1S/C25H32ClF2N5O2/c1-25(2,3)21(24(35)32-11-8-16(27)13-32)30-23(34)20-19-14-31(4)9-5-10-33(19)22(29-20)17-12-15(26)6-7-18(17)28/h6-7,12,16,21H,5,8-11,13-14H2,1-4H3,(H,30,34). The number of halogens is 3. The summed E-state index contributed by atoms with van der Waals surface area (Å²) in [6, 6.07) is 3.39. The number of alkyl halides is 1. The van der Waals surface area contributed by atoms with Gasteiger partial charge in [-0.2, -0.15) is 0 Å². The SMILES string of the molecule is CN1CCCn2c(-c3cc(Cl)ccc3F)nc(C(=O)NC(C(=O)N3CCC(F)C3)C(C)(C)C)c2C1. The summed E-state index contributed by atoms with van der Waals surface area (Å²) in [5, 5.41) is 3.24. The van der Waals surface area contributed by atoms with Crippen LogP contribution in [0.3, 0.4) is 0 Å². The van der Waals surface area contributed by atoms with E-state index in [0.29, 0.717) is 42.6 Å². The number of nitrogens with one attached hydrogen (secondary N) is 1. The Morgan fingerprint density at radius 1 is 1.23 bits per heavy atom. The van der Waals surface area contributed by atoms with Gasteiger partial charge in [-0.05, 0) is 50.0 Å². The average Bonchev–Trinajstić information content (AvgIpc) is 3.31. The maximum atomic E-state index is 14.8. The molecular weight excluding hydrogens is 476 g/mol. The van der Waals surface area contributed by atoms with Crippen molar-refractivity contribution in [3.63, 3.8) is 0 Å². The molecule has 1 N–H and O–H groups in total. The molecule has 0 spiro atoms. The van der Waals surface area contributed by atoms with Crippen LogP contribution in [0.4, 0.5) is 8.78 Å². The van der Waals surface area contributed by atoms with E-state index in [2.05, 4.69) is 15.2 Å². The van der Waals surface area contributed by atoms with E-state index in [4.69, 9.17) is 11.6 Å². The van der Waals surface area contributed by atoms with Crippen molar-refractivity contribution in [1.82, 2.24) is 24.7 Å². The highest BCUT2D eigenvalue weighted by molar-refractivity contribution is 6.30. The predicted molar refractivity (Wildman–Crippen MR) is 130 cm³/mol. The zero-order valence-corrected chi connectivity index (χ0v) is 21.3. The lowest BCUT2D eigenvalue weighted by Crippen LogP contribution is -2.54. The van der Waals surface area contributed by atoms with Gasteiger partial charge >= 0.3 is 0 Å². The van der Waals surface area contributed by atoms with Crippen LogP contribution in [0.15, 0.2) is 18.2 Å². The van der Waals surface area contributed by atoms with Gasteiger partial charge in [0.25, 0.3) is 5.91 Å². The lowest BCUT2D eigenvalue weighted by Gasteiger charge is -2.33.